The zero-order valence-electron chi connectivity index (χ0n) is 12.6. The van der Waals surface area contributed by atoms with Crippen molar-refractivity contribution in [2.45, 2.75) is 52.2 Å². The first-order valence-electron chi connectivity index (χ1n) is 6.87. The van der Waals surface area contributed by atoms with Crippen LogP contribution in [0.5, 0.6) is 0 Å². The van der Waals surface area contributed by atoms with Gasteiger partial charge in [0, 0.05) is 5.69 Å². The molecule has 0 saturated carbocycles. The minimum Gasteiger partial charge on any atom is -0.462 e. The van der Waals surface area contributed by atoms with Gasteiger partial charge in [0.25, 0.3) is 6.47 Å². The van der Waals surface area contributed by atoms with E-state index >= 15 is 0 Å². The summed E-state index contributed by atoms with van der Waals surface area (Å²) in [6.07, 6.45) is 4.27. The Kier molecular flexibility index (Phi) is 6.68. The van der Waals surface area contributed by atoms with Gasteiger partial charge in [-0.15, -0.1) is 0 Å². The number of nitrogens with one attached hydrogen (secondary N) is 1. The highest BCUT2D eigenvalue weighted by Crippen LogP contribution is 2.23. The van der Waals surface area contributed by atoms with E-state index in [1.54, 1.807) is 0 Å². The van der Waals surface area contributed by atoms with E-state index < -0.39 is 0 Å². The summed E-state index contributed by atoms with van der Waals surface area (Å²) >= 11 is 3.48. The number of halogens is 1. The van der Waals surface area contributed by atoms with E-state index in [4.69, 9.17) is 0 Å². The van der Waals surface area contributed by atoms with Gasteiger partial charge in [-0.3, -0.25) is 9.48 Å². The van der Waals surface area contributed by atoms with Gasteiger partial charge in [0.05, 0.1) is 16.7 Å². The number of nitrogens with zero attached hydrogens (tertiary/aromatic N) is 2. The fourth-order valence-corrected chi connectivity index (χ4v) is 2.24. The zero-order chi connectivity index (χ0) is 15.2. The molecule has 5 nitrogen and oxygen atoms in total. The van der Waals surface area contributed by atoms with Gasteiger partial charge in [-0.2, -0.15) is 5.10 Å². The van der Waals surface area contributed by atoms with Gasteiger partial charge in [0.1, 0.15) is 5.60 Å². The molecule has 1 aromatic rings. The Morgan fingerprint density at radius 2 is 2.05 bits per heavy atom. The normalized spacial score (nSPS) is 16.2. The Balaban J connectivity index is 0.000000246. The van der Waals surface area contributed by atoms with Crippen LogP contribution >= 0.6 is 15.9 Å². The third-order valence-corrected chi connectivity index (χ3v) is 3.82. The summed E-state index contributed by atoms with van der Waals surface area (Å²) < 4.78 is 7.81. The number of rotatable bonds is 2. The second-order valence-electron chi connectivity index (χ2n) is 5.83. The fourth-order valence-electron chi connectivity index (χ4n) is 1.97. The Hall–Kier alpha value is -0.880. The molecule has 0 radical (unpaired) electrons. The zero-order valence-corrected chi connectivity index (χ0v) is 14.2. The molecular weight excluding hydrogens is 322 g/mol. The quantitative estimate of drug-likeness (QED) is 0.837. The van der Waals surface area contributed by atoms with E-state index in [2.05, 4.69) is 42.7 Å². The van der Waals surface area contributed by atoms with Crippen LogP contribution in [0.1, 0.15) is 45.3 Å². The first-order chi connectivity index (χ1) is 9.35. The topological polar surface area (TPSA) is 56.1 Å². The predicted molar refractivity (Wildman–Crippen MR) is 82.7 cm³/mol. The van der Waals surface area contributed by atoms with Crippen molar-refractivity contribution >= 4 is 22.4 Å². The van der Waals surface area contributed by atoms with Gasteiger partial charge in [-0.05, 0) is 69.6 Å². The van der Waals surface area contributed by atoms with Crippen LogP contribution in [-0.2, 0) is 9.53 Å². The number of carbonyl (C=O) groups is 1. The third-order valence-electron chi connectivity index (χ3n) is 3.04. The molecule has 0 amide bonds. The van der Waals surface area contributed by atoms with Crippen molar-refractivity contribution in [2.75, 3.05) is 13.1 Å². The molecule has 0 spiro atoms. The van der Waals surface area contributed by atoms with Gasteiger partial charge in [0.2, 0.25) is 0 Å². The van der Waals surface area contributed by atoms with Crippen molar-refractivity contribution in [3.8, 4) is 0 Å². The van der Waals surface area contributed by atoms with Gasteiger partial charge in [-0.1, -0.05) is 0 Å². The largest absolute Gasteiger partial charge is 0.462 e. The van der Waals surface area contributed by atoms with Gasteiger partial charge < -0.3 is 10.1 Å². The lowest BCUT2D eigenvalue weighted by Gasteiger charge is -2.24. The van der Waals surface area contributed by atoms with E-state index in [1.165, 1.54) is 18.5 Å². The van der Waals surface area contributed by atoms with E-state index in [0.717, 1.165) is 17.6 Å². The van der Waals surface area contributed by atoms with E-state index in [-0.39, 0.29) is 5.60 Å². The molecule has 1 fully saturated rings. The molecule has 0 aliphatic carbocycles. The number of carbonyl (C=O) groups excluding carboxylic acids is 1. The second-order valence-corrected chi connectivity index (χ2v) is 6.68. The Bertz CT molecular complexity index is 421. The summed E-state index contributed by atoms with van der Waals surface area (Å²) in [7, 11) is 0. The summed E-state index contributed by atoms with van der Waals surface area (Å²) in [6.45, 7) is 10.3. The van der Waals surface area contributed by atoms with E-state index in [9.17, 15) is 4.79 Å². The first-order valence-corrected chi connectivity index (χ1v) is 7.66. The van der Waals surface area contributed by atoms with Crippen molar-refractivity contribution in [3.05, 3.63) is 16.4 Å². The highest BCUT2D eigenvalue weighted by Gasteiger charge is 2.17. The average molecular weight is 346 g/mol. The van der Waals surface area contributed by atoms with Crippen LogP contribution in [-0.4, -0.2) is 34.9 Å². The van der Waals surface area contributed by atoms with Gasteiger partial charge in [-0.25, -0.2) is 0 Å². The molecule has 2 heterocycles. The molecule has 1 saturated heterocycles. The number of piperidine rings is 1. The standard InChI is InChI=1S/C9H14BrN3.C5H10O2/c1-7-9(10)6-12-13(7)8-2-4-11-5-3-8;1-5(2,3)7-4-6/h6,8,11H,2-5H2,1H3;4H,1-3H3. The molecule has 20 heavy (non-hydrogen) atoms. The molecule has 1 N–H and O–H groups in total. The second kappa shape index (κ2) is 7.78. The van der Waals surface area contributed by atoms with Crippen molar-refractivity contribution in [1.29, 1.82) is 0 Å². The maximum atomic E-state index is 9.60. The highest BCUT2D eigenvalue weighted by molar-refractivity contribution is 9.10. The first kappa shape index (κ1) is 17.2. The molecule has 1 aromatic heterocycles. The summed E-state index contributed by atoms with van der Waals surface area (Å²) in [5.74, 6) is 0. The third kappa shape index (κ3) is 5.63. The summed E-state index contributed by atoms with van der Waals surface area (Å²) in [4.78, 5) is 9.60. The average Bonchev–Trinajstić information content (AvgIpc) is 2.70. The predicted octanol–water partition coefficient (Wildman–Crippen LogP) is 2.84. The van der Waals surface area contributed by atoms with Crippen molar-refractivity contribution in [1.82, 2.24) is 15.1 Å². The number of aromatic nitrogens is 2. The number of hydrogen-bond donors (Lipinski definition) is 1. The fraction of sp³-hybridized carbons (Fsp3) is 0.714. The maximum Gasteiger partial charge on any atom is 0.293 e. The van der Waals surface area contributed by atoms with Crippen LogP contribution in [0.4, 0.5) is 0 Å². The Morgan fingerprint density at radius 1 is 1.45 bits per heavy atom. The highest BCUT2D eigenvalue weighted by atomic mass is 79.9. The maximum absolute atomic E-state index is 9.60. The van der Waals surface area contributed by atoms with Crippen molar-refractivity contribution in [3.63, 3.8) is 0 Å². The minimum atomic E-state index is -0.318. The van der Waals surface area contributed by atoms with Crippen LogP contribution in [0, 0.1) is 6.92 Å². The van der Waals surface area contributed by atoms with Gasteiger partial charge >= 0.3 is 0 Å². The van der Waals surface area contributed by atoms with Gasteiger partial charge in [0.15, 0.2) is 0 Å². The smallest absolute Gasteiger partial charge is 0.293 e. The molecule has 0 atom stereocenters. The van der Waals surface area contributed by atoms with E-state index in [0.29, 0.717) is 12.5 Å². The lowest BCUT2D eigenvalue weighted by Crippen LogP contribution is -2.30. The molecule has 1 aliphatic heterocycles. The summed E-state index contributed by atoms with van der Waals surface area (Å²) in [5.41, 5.74) is 0.925. The molecular formula is C14H24BrN3O2. The van der Waals surface area contributed by atoms with Crippen LogP contribution in [0.3, 0.4) is 0 Å². The molecule has 114 valence electrons. The minimum absolute atomic E-state index is 0.318. The molecule has 0 aromatic carbocycles. The van der Waals surface area contributed by atoms with Crippen molar-refractivity contribution < 1.29 is 9.53 Å². The Labute approximate surface area is 129 Å². The number of ether oxygens (including phenoxy) is 1. The Morgan fingerprint density at radius 3 is 2.40 bits per heavy atom. The van der Waals surface area contributed by atoms with E-state index in [1.807, 2.05) is 27.0 Å². The van der Waals surface area contributed by atoms with Crippen molar-refractivity contribution in [2.24, 2.45) is 0 Å². The van der Waals surface area contributed by atoms with Crippen LogP contribution in [0.15, 0.2) is 10.7 Å². The number of hydrogen-bond acceptors (Lipinski definition) is 4. The SMILES string of the molecule is CC(C)(C)OC=O.Cc1c(Br)cnn1C1CCNCC1. The molecule has 0 bridgehead atoms. The van der Waals surface area contributed by atoms with Crippen LogP contribution in [0.25, 0.3) is 0 Å². The van der Waals surface area contributed by atoms with Crippen LogP contribution in [0.2, 0.25) is 0 Å². The lowest BCUT2D eigenvalue weighted by molar-refractivity contribution is -0.138. The van der Waals surface area contributed by atoms with Crippen LogP contribution < -0.4 is 5.32 Å². The lowest BCUT2D eigenvalue weighted by atomic mass is 10.1. The summed E-state index contributed by atoms with van der Waals surface area (Å²) in [6, 6.07) is 0.590. The molecule has 0 unspecified atom stereocenters. The molecule has 6 heteroatoms. The monoisotopic (exact) mass is 345 g/mol. The summed E-state index contributed by atoms with van der Waals surface area (Å²) in [5, 5.41) is 7.74. The molecule has 2 rings (SSSR count). The molecule has 1 aliphatic rings.